The number of aliphatic hydroxyl groups is 1. The predicted octanol–water partition coefficient (Wildman–Crippen LogP) is 12.9. The highest BCUT2D eigenvalue weighted by Crippen LogP contribution is 2.40. The van der Waals surface area contributed by atoms with Crippen LogP contribution in [-0.2, 0) is 22.8 Å². The van der Waals surface area contributed by atoms with Crippen LogP contribution in [0.3, 0.4) is 0 Å². The second-order valence-corrected chi connectivity index (χ2v) is 35.7. The average Bonchev–Trinajstić information content (AvgIpc) is 3.01. The van der Waals surface area contributed by atoms with Gasteiger partial charge in [-0.2, -0.15) is 0 Å². The van der Waals surface area contributed by atoms with Gasteiger partial charge in [0.05, 0.1) is 43.2 Å². The fourth-order valence-corrected chi connectivity index (χ4v) is 9.79. The van der Waals surface area contributed by atoms with Gasteiger partial charge in [0.1, 0.15) is 0 Å². The molecular formula is C46H86O6Si3. The van der Waals surface area contributed by atoms with E-state index in [1.807, 2.05) is 6.08 Å². The molecule has 0 fully saturated rings. The molecule has 0 saturated heterocycles. The van der Waals surface area contributed by atoms with E-state index in [-0.39, 0.29) is 39.5 Å². The second-order valence-electron chi connectivity index (χ2n) is 21.4. The molecule has 0 aromatic heterocycles. The lowest BCUT2D eigenvalue weighted by atomic mass is 9.91. The Hall–Kier alpha value is -0.889. The van der Waals surface area contributed by atoms with Crippen LogP contribution in [0, 0.1) is 5.92 Å². The van der Waals surface area contributed by atoms with E-state index in [4.69, 9.17) is 22.8 Å². The van der Waals surface area contributed by atoms with Gasteiger partial charge in [0.25, 0.3) is 0 Å². The summed E-state index contributed by atoms with van der Waals surface area (Å²) in [6.07, 6.45) is 20.1. The zero-order chi connectivity index (χ0) is 42.0. The topological polar surface area (TPSA) is 66.4 Å². The first kappa shape index (κ1) is 50.3. The van der Waals surface area contributed by atoms with Crippen molar-refractivity contribution in [3.63, 3.8) is 0 Å². The van der Waals surface area contributed by atoms with E-state index in [0.717, 1.165) is 45.1 Å². The van der Waals surface area contributed by atoms with Gasteiger partial charge in [-0.05, 0) is 112 Å². The molecule has 0 aliphatic carbocycles. The Morgan fingerprint density at radius 2 is 1.51 bits per heavy atom. The Morgan fingerprint density at radius 3 is 2.09 bits per heavy atom. The molecule has 7 unspecified atom stereocenters. The van der Waals surface area contributed by atoms with Gasteiger partial charge >= 0.3 is 0 Å². The summed E-state index contributed by atoms with van der Waals surface area (Å²) >= 11 is 0. The van der Waals surface area contributed by atoms with Crippen LogP contribution in [0.4, 0.5) is 0 Å². The molecule has 0 spiro atoms. The van der Waals surface area contributed by atoms with E-state index in [1.165, 1.54) is 11.1 Å². The van der Waals surface area contributed by atoms with Crippen LogP contribution in [0.2, 0.25) is 54.4 Å². The van der Waals surface area contributed by atoms with Crippen molar-refractivity contribution in [2.75, 3.05) is 13.2 Å². The minimum atomic E-state index is -2.16. The number of rotatable bonds is 20. The molecule has 0 bridgehead atoms. The average molecular weight is 819 g/mol. The lowest BCUT2D eigenvalue weighted by Crippen LogP contribution is -2.46. The SMILES string of the molecule is C=C(CC(C)CC1CC=CC(CCO[Si](C)(C)C(C)(C)C)O1)CC(C=CCC(O)C(C=CC1CC(C)=CCO1)O[Si](C)(C)C(C)(C)C)O[Si](C)(C)C(C)(C)C. The van der Waals surface area contributed by atoms with Crippen LogP contribution < -0.4 is 0 Å². The highest BCUT2D eigenvalue weighted by molar-refractivity contribution is 6.75. The van der Waals surface area contributed by atoms with Gasteiger partial charge in [-0.15, -0.1) is 0 Å². The molecule has 0 aromatic carbocycles. The van der Waals surface area contributed by atoms with Crippen LogP contribution >= 0.6 is 0 Å². The third kappa shape index (κ3) is 17.1. The fraction of sp³-hybridized carbons (Fsp3) is 0.783. The molecular weight excluding hydrogens is 733 g/mol. The molecule has 0 radical (unpaired) electrons. The van der Waals surface area contributed by atoms with Gasteiger partial charge < -0.3 is 27.9 Å². The lowest BCUT2D eigenvalue weighted by molar-refractivity contribution is -0.0148. The zero-order valence-electron chi connectivity index (χ0n) is 38.6. The van der Waals surface area contributed by atoms with Gasteiger partial charge in [-0.3, -0.25) is 0 Å². The Balaban J connectivity index is 2.10. The first-order chi connectivity index (χ1) is 25.0. The largest absolute Gasteiger partial charge is 0.417 e. The first-order valence-electron chi connectivity index (χ1n) is 21.3. The number of hydrogen-bond donors (Lipinski definition) is 1. The van der Waals surface area contributed by atoms with E-state index < -0.39 is 37.2 Å². The van der Waals surface area contributed by atoms with Crippen LogP contribution in [0.25, 0.3) is 0 Å². The van der Waals surface area contributed by atoms with Crippen molar-refractivity contribution >= 4 is 25.0 Å². The first-order valence-corrected chi connectivity index (χ1v) is 30.0. The monoisotopic (exact) mass is 819 g/mol. The molecule has 6 nitrogen and oxygen atoms in total. The summed E-state index contributed by atoms with van der Waals surface area (Å²) in [5.41, 5.74) is 2.53. The van der Waals surface area contributed by atoms with Crippen molar-refractivity contribution in [2.45, 2.75) is 212 Å². The Kier molecular flexibility index (Phi) is 19.1. The molecule has 1 N–H and O–H groups in total. The number of hydrogen-bond acceptors (Lipinski definition) is 6. The molecule has 2 heterocycles. The molecule has 2 aliphatic heterocycles. The Labute approximate surface area is 343 Å². The quantitative estimate of drug-likeness (QED) is 0.0975. The number of aliphatic hydroxyl groups excluding tert-OH is 1. The summed E-state index contributed by atoms with van der Waals surface area (Å²) in [6.45, 7) is 44.6. The molecule has 55 heavy (non-hydrogen) atoms. The minimum absolute atomic E-state index is 0.00332. The summed E-state index contributed by atoms with van der Waals surface area (Å²) in [6, 6.07) is 0. The highest BCUT2D eigenvalue weighted by atomic mass is 28.4. The highest BCUT2D eigenvalue weighted by Gasteiger charge is 2.41. The molecule has 0 aromatic rings. The van der Waals surface area contributed by atoms with Crippen molar-refractivity contribution in [2.24, 2.45) is 5.92 Å². The minimum Gasteiger partial charge on any atom is -0.417 e. The third-order valence-corrected chi connectivity index (χ3v) is 26.5. The predicted molar refractivity (Wildman–Crippen MR) is 243 cm³/mol. The van der Waals surface area contributed by atoms with E-state index in [1.54, 1.807) is 0 Å². The summed E-state index contributed by atoms with van der Waals surface area (Å²) < 4.78 is 32.8. The van der Waals surface area contributed by atoms with E-state index in [9.17, 15) is 5.11 Å². The summed E-state index contributed by atoms with van der Waals surface area (Å²) in [5, 5.41) is 12.0. The molecule has 2 rings (SSSR count). The molecule has 318 valence electrons. The van der Waals surface area contributed by atoms with E-state index in [2.05, 4.69) is 158 Å². The van der Waals surface area contributed by atoms with Gasteiger partial charge in [-0.25, -0.2) is 0 Å². The summed E-state index contributed by atoms with van der Waals surface area (Å²) in [4.78, 5) is 0. The van der Waals surface area contributed by atoms with Gasteiger partial charge in [0.2, 0.25) is 0 Å². The zero-order valence-corrected chi connectivity index (χ0v) is 41.6. The van der Waals surface area contributed by atoms with Crippen molar-refractivity contribution in [1.29, 1.82) is 0 Å². The molecule has 9 heteroatoms. The molecule has 0 amide bonds. The normalized spacial score (nSPS) is 23.2. The molecule has 2 aliphatic rings. The fourth-order valence-electron chi connectivity index (χ4n) is 6.19. The van der Waals surface area contributed by atoms with Crippen molar-refractivity contribution in [3.05, 3.63) is 60.3 Å². The van der Waals surface area contributed by atoms with Gasteiger partial charge in [0, 0.05) is 6.61 Å². The summed E-state index contributed by atoms with van der Waals surface area (Å²) in [7, 11) is -6.00. The second kappa shape index (κ2) is 20.9. The van der Waals surface area contributed by atoms with Crippen molar-refractivity contribution in [3.8, 4) is 0 Å². The van der Waals surface area contributed by atoms with E-state index >= 15 is 0 Å². The van der Waals surface area contributed by atoms with Crippen LogP contribution in [0.5, 0.6) is 0 Å². The molecule has 7 atom stereocenters. The number of ether oxygens (including phenoxy) is 2. The standard InChI is InChI=1S/C46H86O6Si3/c1-35-27-29-48-39(32-35)25-26-43(52-55(17,18)46(10,11)12)42(47)24-20-23-41(51-54(15,16)45(7,8)9)34-37(3)31-36(2)33-40-22-19-21-38(50-40)28-30-49-53(13,14)44(4,5)6/h19-21,23,25-27,36,38-43,47H,3,22,24,28-34H2,1-2,4-18H3. The van der Waals surface area contributed by atoms with Crippen LogP contribution in [-0.4, -0.2) is 79.9 Å². The van der Waals surface area contributed by atoms with Crippen molar-refractivity contribution in [1.82, 2.24) is 0 Å². The Morgan fingerprint density at radius 1 is 0.909 bits per heavy atom. The van der Waals surface area contributed by atoms with Crippen molar-refractivity contribution < 1.29 is 27.9 Å². The van der Waals surface area contributed by atoms with Gasteiger partial charge in [0.15, 0.2) is 25.0 Å². The maximum Gasteiger partial charge on any atom is 0.193 e. The van der Waals surface area contributed by atoms with Gasteiger partial charge in [-0.1, -0.05) is 129 Å². The smallest absolute Gasteiger partial charge is 0.193 e. The van der Waals surface area contributed by atoms with Crippen LogP contribution in [0.15, 0.2) is 60.3 Å². The van der Waals surface area contributed by atoms with Crippen LogP contribution in [0.1, 0.15) is 121 Å². The molecule has 0 saturated carbocycles. The Bertz CT molecular complexity index is 1310. The summed E-state index contributed by atoms with van der Waals surface area (Å²) in [5.74, 6) is 0.444. The maximum absolute atomic E-state index is 11.7. The maximum atomic E-state index is 11.7. The third-order valence-electron chi connectivity index (χ3n) is 13.0. The lowest BCUT2D eigenvalue weighted by Gasteiger charge is -2.40. The van der Waals surface area contributed by atoms with E-state index in [0.29, 0.717) is 18.9 Å².